The number of nitrogens with two attached hydrogens (primary N) is 1. The lowest BCUT2D eigenvalue weighted by Gasteiger charge is -2.09. The number of methoxy groups -OCH3 is 3. The highest BCUT2D eigenvalue weighted by atomic mass is 16.5. The minimum atomic E-state index is 0.407. The summed E-state index contributed by atoms with van der Waals surface area (Å²) in [6.07, 6.45) is 0.836. The van der Waals surface area contributed by atoms with Crippen LogP contribution < -0.4 is 25.3 Å². The summed E-state index contributed by atoms with van der Waals surface area (Å²) in [5.41, 5.74) is 8.02. The molecule has 0 aliphatic rings. The molecule has 0 saturated heterocycles. The third kappa shape index (κ3) is 7.00. The van der Waals surface area contributed by atoms with Gasteiger partial charge in [-0.1, -0.05) is 18.2 Å². The van der Waals surface area contributed by atoms with E-state index in [1.807, 2.05) is 42.5 Å². The van der Waals surface area contributed by atoms with Crippen molar-refractivity contribution in [2.24, 2.45) is 10.7 Å². The molecule has 7 nitrogen and oxygen atoms in total. The van der Waals surface area contributed by atoms with Crippen molar-refractivity contribution in [2.75, 3.05) is 34.5 Å². The zero-order valence-corrected chi connectivity index (χ0v) is 16.7. The fraction of sp³-hybridized carbons (Fsp3) is 0.381. The molecule has 28 heavy (non-hydrogen) atoms. The molecule has 0 heterocycles. The van der Waals surface area contributed by atoms with E-state index in [1.165, 1.54) is 0 Å². The molecule has 7 heteroatoms. The van der Waals surface area contributed by atoms with Crippen LogP contribution in [-0.2, 0) is 17.9 Å². The van der Waals surface area contributed by atoms with Crippen LogP contribution in [0.4, 0.5) is 0 Å². The fourth-order valence-electron chi connectivity index (χ4n) is 2.51. The molecule has 0 atom stereocenters. The molecule has 0 saturated carbocycles. The van der Waals surface area contributed by atoms with E-state index in [4.69, 9.17) is 24.7 Å². The van der Waals surface area contributed by atoms with Gasteiger partial charge >= 0.3 is 0 Å². The number of hydrogen-bond acceptors (Lipinski definition) is 5. The molecule has 0 aromatic heterocycles. The largest absolute Gasteiger partial charge is 0.497 e. The van der Waals surface area contributed by atoms with Gasteiger partial charge in [-0.2, -0.15) is 0 Å². The smallest absolute Gasteiger partial charge is 0.188 e. The van der Waals surface area contributed by atoms with Crippen molar-refractivity contribution in [3.8, 4) is 17.2 Å². The fourth-order valence-corrected chi connectivity index (χ4v) is 2.51. The van der Waals surface area contributed by atoms with Crippen molar-refractivity contribution < 1.29 is 18.9 Å². The average molecular weight is 387 g/mol. The minimum Gasteiger partial charge on any atom is -0.497 e. The van der Waals surface area contributed by atoms with E-state index in [2.05, 4.69) is 10.3 Å². The monoisotopic (exact) mass is 387 g/mol. The van der Waals surface area contributed by atoms with Gasteiger partial charge in [0.15, 0.2) is 17.5 Å². The Morgan fingerprint density at radius 3 is 2.32 bits per heavy atom. The van der Waals surface area contributed by atoms with Crippen LogP contribution in [0.5, 0.6) is 17.2 Å². The lowest BCUT2D eigenvalue weighted by Crippen LogP contribution is -2.32. The number of rotatable bonds is 11. The average Bonchev–Trinajstić information content (AvgIpc) is 2.74. The molecule has 2 rings (SSSR count). The molecule has 0 bridgehead atoms. The molecule has 0 unspecified atom stereocenters. The van der Waals surface area contributed by atoms with Crippen molar-refractivity contribution in [3.63, 3.8) is 0 Å². The number of benzene rings is 2. The van der Waals surface area contributed by atoms with Gasteiger partial charge in [0, 0.05) is 13.2 Å². The van der Waals surface area contributed by atoms with Crippen LogP contribution in [0.15, 0.2) is 47.5 Å². The molecular weight excluding hydrogens is 358 g/mol. The maximum Gasteiger partial charge on any atom is 0.188 e. The van der Waals surface area contributed by atoms with E-state index >= 15 is 0 Å². The van der Waals surface area contributed by atoms with Crippen molar-refractivity contribution in [1.82, 2.24) is 5.32 Å². The predicted octanol–water partition coefficient (Wildman–Crippen LogP) is 2.72. The normalized spacial score (nSPS) is 11.2. The lowest BCUT2D eigenvalue weighted by atomic mass is 10.2. The summed E-state index contributed by atoms with van der Waals surface area (Å²) in [5.74, 6) is 2.62. The van der Waals surface area contributed by atoms with Gasteiger partial charge in [0.1, 0.15) is 5.75 Å². The Morgan fingerprint density at radius 2 is 1.64 bits per heavy atom. The minimum absolute atomic E-state index is 0.407. The summed E-state index contributed by atoms with van der Waals surface area (Å²) < 4.78 is 21.3. The Morgan fingerprint density at radius 1 is 0.929 bits per heavy atom. The zero-order chi connectivity index (χ0) is 20.2. The SMILES string of the molecule is COc1ccc(COCCCNC(N)=NCc2ccc(OC)c(OC)c2)cc1. The second-order valence-electron chi connectivity index (χ2n) is 6.07. The van der Waals surface area contributed by atoms with Gasteiger partial charge in [-0.05, 0) is 41.8 Å². The summed E-state index contributed by atoms with van der Waals surface area (Å²) in [6.45, 7) is 2.38. The second kappa shape index (κ2) is 11.7. The quantitative estimate of drug-likeness (QED) is 0.350. The number of nitrogens with one attached hydrogen (secondary N) is 1. The van der Waals surface area contributed by atoms with E-state index in [-0.39, 0.29) is 0 Å². The highest BCUT2D eigenvalue weighted by Crippen LogP contribution is 2.27. The third-order valence-corrected chi connectivity index (χ3v) is 4.08. The second-order valence-corrected chi connectivity index (χ2v) is 6.07. The molecule has 2 aromatic carbocycles. The Kier molecular flexibility index (Phi) is 8.94. The number of ether oxygens (including phenoxy) is 4. The first-order valence-electron chi connectivity index (χ1n) is 9.11. The predicted molar refractivity (Wildman–Crippen MR) is 110 cm³/mol. The topological polar surface area (TPSA) is 87.3 Å². The molecule has 0 aliphatic heterocycles. The van der Waals surface area contributed by atoms with E-state index in [0.717, 1.165) is 23.3 Å². The van der Waals surface area contributed by atoms with Crippen LogP contribution in [-0.4, -0.2) is 40.4 Å². The molecular formula is C21H29N3O4. The molecule has 152 valence electrons. The standard InChI is InChI=1S/C21H29N3O4/c1-25-18-8-5-16(6-9-18)15-28-12-4-11-23-21(22)24-14-17-7-10-19(26-2)20(13-17)27-3/h5-10,13H,4,11-12,14-15H2,1-3H3,(H3,22,23,24). The number of aliphatic imine (C=N–C) groups is 1. The van der Waals surface area contributed by atoms with Gasteiger partial charge in [0.25, 0.3) is 0 Å². The molecule has 0 aliphatic carbocycles. The Balaban J connectivity index is 1.64. The molecule has 3 N–H and O–H groups in total. The zero-order valence-electron chi connectivity index (χ0n) is 16.7. The van der Waals surface area contributed by atoms with Crippen LogP contribution in [0.1, 0.15) is 17.5 Å². The third-order valence-electron chi connectivity index (χ3n) is 4.08. The highest BCUT2D eigenvalue weighted by molar-refractivity contribution is 5.77. The van der Waals surface area contributed by atoms with Crippen LogP contribution in [0.3, 0.4) is 0 Å². The first-order chi connectivity index (χ1) is 13.7. The van der Waals surface area contributed by atoms with Crippen LogP contribution in [0.2, 0.25) is 0 Å². The lowest BCUT2D eigenvalue weighted by molar-refractivity contribution is 0.119. The molecule has 0 radical (unpaired) electrons. The maximum atomic E-state index is 5.91. The summed E-state index contributed by atoms with van der Waals surface area (Å²) in [5, 5.41) is 3.09. The van der Waals surface area contributed by atoms with Crippen LogP contribution in [0.25, 0.3) is 0 Å². The molecule has 0 amide bonds. The van der Waals surface area contributed by atoms with E-state index in [1.54, 1.807) is 21.3 Å². The molecule has 0 spiro atoms. The summed E-state index contributed by atoms with van der Waals surface area (Å²) >= 11 is 0. The first kappa shape index (κ1) is 21.4. The maximum absolute atomic E-state index is 5.91. The summed E-state index contributed by atoms with van der Waals surface area (Å²) in [7, 11) is 4.87. The van der Waals surface area contributed by atoms with Crippen molar-refractivity contribution >= 4 is 5.96 Å². The Bertz CT molecular complexity index is 748. The van der Waals surface area contributed by atoms with Crippen molar-refractivity contribution in [2.45, 2.75) is 19.6 Å². The van der Waals surface area contributed by atoms with Gasteiger partial charge in [-0.15, -0.1) is 0 Å². The van der Waals surface area contributed by atoms with E-state index in [9.17, 15) is 0 Å². The van der Waals surface area contributed by atoms with Crippen LogP contribution in [0, 0.1) is 0 Å². The highest BCUT2D eigenvalue weighted by Gasteiger charge is 2.04. The summed E-state index contributed by atoms with van der Waals surface area (Å²) in [4.78, 5) is 4.34. The molecule has 0 fully saturated rings. The van der Waals surface area contributed by atoms with Gasteiger partial charge in [0.2, 0.25) is 0 Å². The summed E-state index contributed by atoms with van der Waals surface area (Å²) in [6, 6.07) is 13.5. The van der Waals surface area contributed by atoms with E-state index < -0.39 is 0 Å². The van der Waals surface area contributed by atoms with Gasteiger partial charge in [-0.3, -0.25) is 0 Å². The van der Waals surface area contributed by atoms with Crippen molar-refractivity contribution in [1.29, 1.82) is 0 Å². The Labute approximate surface area is 166 Å². The van der Waals surface area contributed by atoms with Crippen molar-refractivity contribution in [3.05, 3.63) is 53.6 Å². The Hall–Kier alpha value is -2.93. The van der Waals surface area contributed by atoms with E-state index in [0.29, 0.717) is 43.8 Å². The molecule has 2 aromatic rings. The van der Waals surface area contributed by atoms with Crippen LogP contribution >= 0.6 is 0 Å². The number of guanidine groups is 1. The number of nitrogens with zero attached hydrogens (tertiary/aromatic N) is 1. The van der Waals surface area contributed by atoms with Gasteiger partial charge in [0.05, 0.1) is 34.5 Å². The van der Waals surface area contributed by atoms with Gasteiger partial charge < -0.3 is 30.0 Å². The van der Waals surface area contributed by atoms with Gasteiger partial charge in [-0.25, -0.2) is 4.99 Å². The number of hydrogen-bond donors (Lipinski definition) is 2. The first-order valence-corrected chi connectivity index (χ1v) is 9.11.